The van der Waals surface area contributed by atoms with E-state index in [2.05, 4.69) is 39.3 Å². The SMILES string of the molecule is CCOC(=O)Cn1nnnc1C(C(C)C)N(Cc1ccco1)Cc1cc2ccc(C)cc2[nH]c1=O. The molecule has 10 nitrogen and oxygen atoms in total. The molecule has 1 aromatic carbocycles. The molecule has 0 spiro atoms. The Labute approximate surface area is 202 Å². The molecule has 0 fully saturated rings. The van der Waals surface area contributed by atoms with Gasteiger partial charge in [0.2, 0.25) is 0 Å². The number of tetrazole rings is 1. The van der Waals surface area contributed by atoms with Crippen LogP contribution in [-0.2, 0) is 29.2 Å². The molecule has 3 aromatic heterocycles. The van der Waals surface area contributed by atoms with Crippen molar-refractivity contribution in [3.8, 4) is 0 Å². The highest BCUT2D eigenvalue weighted by Crippen LogP contribution is 2.30. The van der Waals surface area contributed by atoms with Crippen LogP contribution < -0.4 is 5.56 Å². The van der Waals surface area contributed by atoms with E-state index in [1.54, 1.807) is 13.2 Å². The Balaban J connectivity index is 1.73. The molecule has 0 aliphatic rings. The van der Waals surface area contributed by atoms with Crippen molar-refractivity contribution in [3.05, 3.63) is 75.7 Å². The summed E-state index contributed by atoms with van der Waals surface area (Å²) >= 11 is 0. The minimum absolute atomic E-state index is 0.0547. The Hall–Kier alpha value is -3.79. The molecular formula is C25H30N6O4. The van der Waals surface area contributed by atoms with Crippen LogP contribution in [0, 0.1) is 12.8 Å². The Bertz CT molecular complexity index is 1340. The van der Waals surface area contributed by atoms with Crippen LogP contribution in [0.15, 0.2) is 51.9 Å². The lowest BCUT2D eigenvalue weighted by molar-refractivity contribution is -0.144. The van der Waals surface area contributed by atoms with Crippen LogP contribution in [0.3, 0.4) is 0 Å². The van der Waals surface area contributed by atoms with E-state index in [9.17, 15) is 9.59 Å². The van der Waals surface area contributed by atoms with Gasteiger partial charge in [-0.05, 0) is 65.4 Å². The normalized spacial score (nSPS) is 12.5. The number of H-pyrrole nitrogens is 1. The van der Waals surface area contributed by atoms with Crippen LogP contribution >= 0.6 is 0 Å². The van der Waals surface area contributed by atoms with E-state index in [1.807, 2.05) is 43.3 Å². The Morgan fingerprint density at radius 2 is 2.06 bits per heavy atom. The third-order valence-corrected chi connectivity index (χ3v) is 5.82. The number of aryl methyl sites for hydroxylation is 1. The fourth-order valence-electron chi connectivity index (χ4n) is 4.30. The van der Waals surface area contributed by atoms with Crippen molar-refractivity contribution in [2.45, 2.75) is 53.4 Å². The molecule has 0 aliphatic carbocycles. The zero-order chi connectivity index (χ0) is 24.9. The summed E-state index contributed by atoms with van der Waals surface area (Å²) in [6.45, 7) is 8.78. The van der Waals surface area contributed by atoms with Crippen LogP contribution in [0.2, 0.25) is 0 Å². The highest BCUT2D eigenvalue weighted by Gasteiger charge is 2.31. The molecule has 1 N–H and O–H groups in total. The molecule has 184 valence electrons. The van der Waals surface area contributed by atoms with Gasteiger partial charge >= 0.3 is 5.97 Å². The molecule has 3 heterocycles. The molecule has 0 radical (unpaired) electrons. The molecule has 0 aliphatic heterocycles. The zero-order valence-corrected chi connectivity index (χ0v) is 20.4. The minimum atomic E-state index is -0.414. The smallest absolute Gasteiger partial charge is 0.327 e. The summed E-state index contributed by atoms with van der Waals surface area (Å²) in [6.07, 6.45) is 1.62. The molecule has 0 saturated heterocycles. The number of furan rings is 1. The highest BCUT2D eigenvalue weighted by molar-refractivity contribution is 5.79. The summed E-state index contributed by atoms with van der Waals surface area (Å²) in [5.41, 5.74) is 2.34. The van der Waals surface area contributed by atoms with Gasteiger partial charge in [-0.3, -0.25) is 14.5 Å². The second kappa shape index (κ2) is 10.6. The number of esters is 1. The first-order valence-corrected chi connectivity index (χ1v) is 11.7. The molecule has 4 rings (SSSR count). The molecule has 1 unspecified atom stereocenters. The minimum Gasteiger partial charge on any atom is -0.468 e. The Morgan fingerprint density at radius 1 is 1.23 bits per heavy atom. The van der Waals surface area contributed by atoms with E-state index in [1.165, 1.54) is 4.68 Å². The number of carbonyl (C=O) groups excluding carboxylic acids is 1. The molecule has 0 amide bonds. The van der Waals surface area contributed by atoms with Crippen LogP contribution in [0.4, 0.5) is 0 Å². The number of aromatic amines is 1. The van der Waals surface area contributed by atoms with Crippen molar-refractivity contribution < 1.29 is 13.9 Å². The number of hydrogen-bond acceptors (Lipinski definition) is 8. The lowest BCUT2D eigenvalue weighted by Crippen LogP contribution is -2.35. The second-order valence-corrected chi connectivity index (χ2v) is 8.89. The number of aromatic nitrogens is 5. The number of ether oxygens (including phenoxy) is 1. The zero-order valence-electron chi connectivity index (χ0n) is 20.4. The summed E-state index contributed by atoms with van der Waals surface area (Å²) in [4.78, 5) is 30.3. The molecule has 1 atom stereocenters. The maximum absolute atomic E-state index is 13.0. The van der Waals surface area contributed by atoms with Crippen molar-refractivity contribution in [2.24, 2.45) is 5.92 Å². The molecule has 0 bridgehead atoms. The van der Waals surface area contributed by atoms with Crippen molar-refractivity contribution in [3.63, 3.8) is 0 Å². The van der Waals surface area contributed by atoms with E-state index < -0.39 is 5.97 Å². The maximum atomic E-state index is 13.0. The summed E-state index contributed by atoms with van der Waals surface area (Å²) in [5, 5.41) is 13.1. The fourth-order valence-corrected chi connectivity index (χ4v) is 4.30. The van der Waals surface area contributed by atoms with Crippen LogP contribution in [0.25, 0.3) is 10.9 Å². The Kier molecular flexibility index (Phi) is 7.40. The monoisotopic (exact) mass is 478 g/mol. The number of hydrogen-bond donors (Lipinski definition) is 1. The molecule has 0 saturated carbocycles. The molecule has 4 aromatic rings. The third-order valence-electron chi connectivity index (χ3n) is 5.82. The number of pyridine rings is 1. The third kappa shape index (κ3) is 5.65. The fraction of sp³-hybridized carbons (Fsp3) is 0.400. The second-order valence-electron chi connectivity index (χ2n) is 8.89. The number of fused-ring (bicyclic) bond motifs is 1. The lowest BCUT2D eigenvalue weighted by Gasteiger charge is -2.32. The van der Waals surface area contributed by atoms with E-state index in [4.69, 9.17) is 9.15 Å². The van der Waals surface area contributed by atoms with E-state index in [0.717, 1.165) is 22.2 Å². The number of nitrogens with zero attached hydrogens (tertiary/aromatic N) is 5. The van der Waals surface area contributed by atoms with Gasteiger partial charge in [-0.25, -0.2) is 4.68 Å². The van der Waals surface area contributed by atoms with Crippen molar-refractivity contribution in [2.75, 3.05) is 6.61 Å². The average molecular weight is 479 g/mol. The molecule has 35 heavy (non-hydrogen) atoms. The largest absolute Gasteiger partial charge is 0.468 e. The van der Waals surface area contributed by atoms with Gasteiger partial charge in [0.15, 0.2) is 5.82 Å². The van der Waals surface area contributed by atoms with Gasteiger partial charge in [0.25, 0.3) is 5.56 Å². The van der Waals surface area contributed by atoms with E-state index >= 15 is 0 Å². The van der Waals surface area contributed by atoms with Crippen molar-refractivity contribution in [1.29, 1.82) is 0 Å². The Morgan fingerprint density at radius 3 is 2.77 bits per heavy atom. The summed E-state index contributed by atoms with van der Waals surface area (Å²) in [5.74, 6) is 0.905. The first kappa shape index (κ1) is 24.3. The van der Waals surface area contributed by atoms with Gasteiger partial charge in [-0.2, -0.15) is 0 Å². The van der Waals surface area contributed by atoms with Crippen LogP contribution in [0.1, 0.15) is 49.5 Å². The van der Waals surface area contributed by atoms with Gasteiger partial charge < -0.3 is 14.1 Å². The maximum Gasteiger partial charge on any atom is 0.327 e. The summed E-state index contributed by atoms with van der Waals surface area (Å²) in [7, 11) is 0. The first-order valence-electron chi connectivity index (χ1n) is 11.7. The first-order chi connectivity index (χ1) is 16.9. The van der Waals surface area contributed by atoms with E-state index in [0.29, 0.717) is 24.5 Å². The van der Waals surface area contributed by atoms with Gasteiger partial charge in [0.1, 0.15) is 12.3 Å². The van der Waals surface area contributed by atoms with Gasteiger partial charge in [0, 0.05) is 17.6 Å². The highest BCUT2D eigenvalue weighted by atomic mass is 16.5. The average Bonchev–Trinajstić information content (AvgIpc) is 3.47. The standard InChI is InChI=1S/C25H30N6O4/c1-5-34-22(32)15-31-24(27-28-29-31)23(16(2)3)30(14-20-7-6-10-35-20)13-19-12-18-9-8-17(4)11-21(18)26-25(19)33/h6-12,16,23H,5,13-15H2,1-4H3,(H,26,33). The van der Waals surface area contributed by atoms with Gasteiger partial charge in [-0.15, -0.1) is 5.10 Å². The number of rotatable bonds is 10. The number of carbonyl (C=O) groups is 1. The van der Waals surface area contributed by atoms with Crippen LogP contribution in [0.5, 0.6) is 0 Å². The molecular weight excluding hydrogens is 448 g/mol. The summed E-state index contributed by atoms with van der Waals surface area (Å²) < 4.78 is 12.2. The number of nitrogens with one attached hydrogen (secondary N) is 1. The number of benzene rings is 1. The van der Waals surface area contributed by atoms with Crippen molar-refractivity contribution >= 4 is 16.9 Å². The topological polar surface area (TPSA) is 119 Å². The quantitative estimate of drug-likeness (QED) is 0.345. The van der Waals surface area contributed by atoms with Gasteiger partial charge in [-0.1, -0.05) is 26.0 Å². The van der Waals surface area contributed by atoms with Crippen LogP contribution in [-0.4, -0.2) is 42.7 Å². The molecule has 10 heteroatoms. The van der Waals surface area contributed by atoms with Gasteiger partial charge in [0.05, 0.1) is 25.5 Å². The van der Waals surface area contributed by atoms with E-state index in [-0.39, 0.29) is 30.7 Å². The van der Waals surface area contributed by atoms with Crippen molar-refractivity contribution in [1.82, 2.24) is 30.1 Å². The predicted molar refractivity (Wildman–Crippen MR) is 129 cm³/mol. The predicted octanol–water partition coefficient (Wildman–Crippen LogP) is 3.38. The lowest BCUT2D eigenvalue weighted by atomic mass is 10.00. The summed E-state index contributed by atoms with van der Waals surface area (Å²) in [6, 6.07) is 11.3.